The molecule has 0 spiro atoms. The summed E-state index contributed by atoms with van der Waals surface area (Å²) in [6, 6.07) is 10.8. The SMILES string of the molecule is CC(c1cn(CCC#N)c2ccccc12)n1ccnc1.O=C(O)/C=C/C(=O)O. The predicted octanol–water partition coefficient (Wildman–Crippen LogP) is 3.07. The summed E-state index contributed by atoms with van der Waals surface area (Å²) >= 11 is 0. The Bertz CT molecular complexity index is 997. The zero-order chi connectivity index (χ0) is 20.5. The van der Waals surface area contributed by atoms with Crippen LogP contribution in [0, 0.1) is 11.3 Å². The van der Waals surface area contributed by atoms with Crippen molar-refractivity contribution in [1.29, 1.82) is 5.26 Å². The summed E-state index contributed by atoms with van der Waals surface area (Å²) in [6.07, 6.45) is 9.42. The number of aryl methyl sites for hydroxylation is 1. The van der Waals surface area contributed by atoms with E-state index in [0.29, 0.717) is 18.6 Å². The van der Waals surface area contributed by atoms with E-state index in [-0.39, 0.29) is 6.04 Å². The molecular weight excluding hydrogens is 360 g/mol. The molecule has 3 rings (SSSR count). The third kappa shape index (κ3) is 5.32. The topological polar surface area (TPSA) is 121 Å². The Morgan fingerprint density at radius 2 is 1.93 bits per heavy atom. The Hall–Kier alpha value is -3.86. The Balaban J connectivity index is 0.000000300. The van der Waals surface area contributed by atoms with Crippen molar-refractivity contribution < 1.29 is 19.8 Å². The number of carbonyl (C=O) groups is 2. The molecule has 1 unspecified atom stereocenters. The number of benzene rings is 1. The van der Waals surface area contributed by atoms with Gasteiger partial charge in [0, 0.05) is 53.8 Å². The average Bonchev–Trinajstić information content (AvgIpc) is 3.33. The van der Waals surface area contributed by atoms with Crippen molar-refractivity contribution in [1.82, 2.24) is 14.1 Å². The summed E-state index contributed by atoms with van der Waals surface area (Å²) in [5, 5.41) is 25.7. The Labute approximate surface area is 161 Å². The van der Waals surface area contributed by atoms with E-state index in [9.17, 15) is 9.59 Å². The molecule has 2 N–H and O–H groups in total. The van der Waals surface area contributed by atoms with Crippen molar-refractivity contribution in [3.05, 3.63) is 66.9 Å². The van der Waals surface area contributed by atoms with Gasteiger partial charge in [0.15, 0.2) is 0 Å². The van der Waals surface area contributed by atoms with Gasteiger partial charge < -0.3 is 19.3 Å². The summed E-state index contributed by atoms with van der Waals surface area (Å²) < 4.78 is 4.26. The number of rotatable bonds is 6. The van der Waals surface area contributed by atoms with E-state index in [1.165, 1.54) is 16.5 Å². The second-order valence-corrected chi connectivity index (χ2v) is 5.90. The lowest BCUT2D eigenvalue weighted by atomic mass is 10.1. The second-order valence-electron chi connectivity index (χ2n) is 5.90. The molecule has 0 fully saturated rings. The molecule has 0 radical (unpaired) electrons. The zero-order valence-corrected chi connectivity index (χ0v) is 15.3. The molecule has 0 saturated heterocycles. The van der Waals surface area contributed by atoms with Gasteiger partial charge >= 0.3 is 11.9 Å². The van der Waals surface area contributed by atoms with E-state index in [1.54, 1.807) is 6.20 Å². The molecule has 1 aromatic carbocycles. The Morgan fingerprint density at radius 1 is 1.25 bits per heavy atom. The first kappa shape index (κ1) is 20.5. The van der Waals surface area contributed by atoms with Gasteiger partial charge in [-0.25, -0.2) is 14.6 Å². The van der Waals surface area contributed by atoms with Crippen LogP contribution in [0.2, 0.25) is 0 Å². The van der Waals surface area contributed by atoms with Crippen molar-refractivity contribution in [2.24, 2.45) is 0 Å². The van der Waals surface area contributed by atoms with Gasteiger partial charge in [0.1, 0.15) is 0 Å². The number of aliphatic carboxylic acids is 2. The fourth-order valence-electron chi connectivity index (χ4n) is 2.77. The molecule has 0 aliphatic heterocycles. The Morgan fingerprint density at radius 3 is 2.50 bits per heavy atom. The zero-order valence-electron chi connectivity index (χ0n) is 15.3. The maximum Gasteiger partial charge on any atom is 0.328 e. The highest BCUT2D eigenvalue weighted by molar-refractivity contribution is 5.89. The van der Waals surface area contributed by atoms with E-state index in [0.717, 1.165) is 6.54 Å². The van der Waals surface area contributed by atoms with Crippen molar-refractivity contribution in [2.75, 3.05) is 0 Å². The van der Waals surface area contributed by atoms with Crippen LogP contribution in [-0.2, 0) is 16.1 Å². The molecule has 3 aromatic rings. The van der Waals surface area contributed by atoms with Crippen molar-refractivity contribution in [3.63, 3.8) is 0 Å². The molecule has 8 heteroatoms. The van der Waals surface area contributed by atoms with Gasteiger partial charge in [-0.15, -0.1) is 0 Å². The minimum atomic E-state index is -1.26. The normalized spacial score (nSPS) is 11.6. The maximum absolute atomic E-state index is 9.55. The van der Waals surface area contributed by atoms with Gasteiger partial charge in [-0.05, 0) is 13.0 Å². The molecule has 2 aromatic heterocycles. The summed E-state index contributed by atoms with van der Waals surface area (Å²) in [4.78, 5) is 23.2. The minimum absolute atomic E-state index is 0.228. The first-order valence-electron chi connectivity index (χ1n) is 8.50. The number of fused-ring (bicyclic) bond motifs is 1. The second kappa shape index (κ2) is 9.73. The monoisotopic (exact) mass is 380 g/mol. The van der Waals surface area contributed by atoms with Crippen LogP contribution in [-0.4, -0.2) is 36.3 Å². The van der Waals surface area contributed by atoms with Gasteiger partial charge in [-0.1, -0.05) is 18.2 Å². The first-order valence-corrected chi connectivity index (χ1v) is 8.50. The maximum atomic E-state index is 9.55. The van der Waals surface area contributed by atoms with Gasteiger partial charge in [0.25, 0.3) is 0 Å². The fraction of sp³-hybridized carbons (Fsp3) is 0.200. The highest BCUT2D eigenvalue weighted by Crippen LogP contribution is 2.28. The molecule has 0 aliphatic carbocycles. The number of nitriles is 1. The van der Waals surface area contributed by atoms with E-state index >= 15 is 0 Å². The third-order valence-corrected chi connectivity index (χ3v) is 4.07. The third-order valence-electron chi connectivity index (χ3n) is 4.07. The molecule has 0 amide bonds. The quantitative estimate of drug-likeness (QED) is 0.634. The summed E-state index contributed by atoms with van der Waals surface area (Å²) in [5.74, 6) is -2.51. The number of aromatic nitrogens is 3. The summed E-state index contributed by atoms with van der Waals surface area (Å²) in [7, 11) is 0. The standard InChI is InChI=1S/C16H16N4.C4H4O4/c1-13(20-10-8-18-12-20)15-11-19(9-4-7-17)16-6-3-2-5-14(15)16;5-3(6)1-2-4(7)8/h2-3,5-6,8,10-13H,4,9H2,1H3;1-2H,(H,5,6)(H,7,8)/b;2-1+. The number of carboxylic acid groups (broad SMARTS) is 2. The van der Waals surface area contributed by atoms with Crippen LogP contribution in [0.15, 0.2) is 61.3 Å². The smallest absolute Gasteiger partial charge is 0.328 e. The highest BCUT2D eigenvalue weighted by Gasteiger charge is 2.14. The van der Waals surface area contributed by atoms with Crippen molar-refractivity contribution in [3.8, 4) is 6.07 Å². The number of hydrogen-bond donors (Lipinski definition) is 2. The number of carboxylic acids is 2. The lowest BCUT2D eigenvalue weighted by Gasteiger charge is -2.11. The van der Waals surface area contributed by atoms with Crippen LogP contribution < -0.4 is 0 Å². The lowest BCUT2D eigenvalue weighted by molar-refractivity contribution is -0.134. The molecule has 0 bridgehead atoms. The lowest BCUT2D eigenvalue weighted by Crippen LogP contribution is -2.03. The largest absolute Gasteiger partial charge is 0.478 e. The van der Waals surface area contributed by atoms with Crippen LogP contribution in [0.4, 0.5) is 0 Å². The fourth-order valence-corrected chi connectivity index (χ4v) is 2.77. The molecule has 8 nitrogen and oxygen atoms in total. The molecule has 0 aliphatic rings. The summed E-state index contributed by atoms with van der Waals surface area (Å²) in [6.45, 7) is 2.89. The van der Waals surface area contributed by atoms with E-state index in [2.05, 4.69) is 51.5 Å². The van der Waals surface area contributed by atoms with Gasteiger partial charge in [0.05, 0.1) is 24.9 Å². The van der Waals surface area contributed by atoms with Crippen LogP contribution in [0.3, 0.4) is 0 Å². The van der Waals surface area contributed by atoms with Crippen LogP contribution in [0.1, 0.15) is 24.9 Å². The van der Waals surface area contributed by atoms with Crippen molar-refractivity contribution >= 4 is 22.8 Å². The molecule has 1 atom stereocenters. The summed E-state index contributed by atoms with van der Waals surface area (Å²) in [5.41, 5.74) is 2.45. The highest BCUT2D eigenvalue weighted by atomic mass is 16.4. The average molecular weight is 380 g/mol. The molecule has 28 heavy (non-hydrogen) atoms. The number of hydrogen-bond acceptors (Lipinski definition) is 4. The number of nitrogens with zero attached hydrogens (tertiary/aromatic N) is 4. The molecule has 144 valence electrons. The number of para-hydroxylation sites is 1. The molecule has 0 saturated carbocycles. The van der Waals surface area contributed by atoms with Gasteiger partial charge in [0.2, 0.25) is 0 Å². The minimum Gasteiger partial charge on any atom is -0.478 e. The number of imidazole rings is 1. The van der Waals surface area contributed by atoms with Crippen LogP contribution >= 0.6 is 0 Å². The van der Waals surface area contributed by atoms with Gasteiger partial charge in [-0.2, -0.15) is 5.26 Å². The first-order chi connectivity index (χ1) is 13.4. The van der Waals surface area contributed by atoms with Crippen molar-refractivity contribution in [2.45, 2.75) is 25.9 Å². The van der Waals surface area contributed by atoms with Crippen LogP contribution in [0.25, 0.3) is 10.9 Å². The van der Waals surface area contributed by atoms with E-state index < -0.39 is 11.9 Å². The predicted molar refractivity (Wildman–Crippen MR) is 103 cm³/mol. The van der Waals surface area contributed by atoms with Gasteiger partial charge in [-0.3, -0.25) is 0 Å². The van der Waals surface area contributed by atoms with E-state index in [1.807, 2.05) is 18.6 Å². The van der Waals surface area contributed by atoms with Crippen LogP contribution in [0.5, 0.6) is 0 Å². The molecule has 2 heterocycles. The Kier molecular flexibility index (Phi) is 7.11. The van der Waals surface area contributed by atoms with E-state index in [4.69, 9.17) is 15.5 Å². The molecular formula is C20H20N4O4.